The predicted molar refractivity (Wildman–Crippen MR) is 66.8 cm³/mol. The van der Waals surface area contributed by atoms with E-state index < -0.39 is 0 Å². The topological polar surface area (TPSA) is 28.7 Å². The van der Waals surface area contributed by atoms with E-state index in [4.69, 9.17) is 12.2 Å². The number of H-pyrrole nitrogens is 1. The van der Waals surface area contributed by atoms with Crippen LogP contribution in [0.15, 0.2) is 6.07 Å². The maximum absolute atomic E-state index is 5.19. The van der Waals surface area contributed by atoms with Gasteiger partial charge in [-0.05, 0) is 12.5 Å². The van der Waals surface area contributed by atoms with E-state index >= 15 is 0 Å². The molecule has 0 saturated heterocycles. The summed E-state index contributed by atoms with van der Waals surface area (Å²) in [6, 6.07) is 1.96. The molecule has 0 saturated carbocycles. The molecular weight excluding hydrogens is 204 g/mol. The van der Waals surface area contributed by atoms with Gasteiger partial charge in [-0.1, -0.05) is 46.8 Å². The second-order valence-corrected chi connectivity index (χ2v) is 5.50. The summed E-state index contributed by atoms with van der Waals surface area (Å²) < 4.78 is 0.689. The molecule has 1 heterocycles. The fourth-order valence-electron chi connectivity index (χ4n) is 1.31. The highest BCUT2D eigenvalue weighted by atomic mass is 32.1. The second-order valence-electron chi connectivity index (χ2n) is 5.08. The van der Waals surface area contributed by atoms with Crippen molar-refractivity contribution >= 4 is 12.2 Å². The standard InChI is InChI=1S/C12H20N2S/c1-6-8(2)11-13-9(12(3,4)5)7-10(15)14-11/h7-8H,6H2,1-5H3,(H,13,14,15). The average Bonchev–Trinajstić information content (AvgIpc) is 2.14. The first-order chi connectivity index (χ1) is 6.84. The lowest BCUT2D eigenvalue weighted by Crippen LogP contribution is -2.16. The Bertz CT molecular complexity index is 387. The molecule has 84 valence electrons. The molecular formula is C12H20N2S. The van der Waals surface area contributed by atoms with Crippen molar-refractivity contribution in [3.63, 3.8) is 0 Å². The van der Waals surface area contributed by atoms with Crippen molar-refractivity contribution in [1.82, 2.24) is 9.97 Å². The summed E-state index contributed by atoms with van der Waals surface area (Å²) in [6.07, 6.45) is 1.08. The van der Waals surface area contributed by atoms with Gasteiger partial charge in [0.1, 0.15) is 10.5 Å². The summed E-state index contributed by atoms with van der Waals surface area (Å²) in [5, 5.41) is 0. The van der Waals surface area contributed by atoms with Gasteiger partial charge in [0, 0.05) is 17.0 Å². The Kier molecular flexibility index (Phi) is 3.66. The lowest BCUT2D eigenvalue weighted by molar-refractivity contribution is 0.552. The number of rotatable bonds is 2. The van der Waals surface area contributed by atoms with Gasteiger partial charge in [0.15, 0.2) is 0 Å². The van der Waals surface area contributed by atoms with Crippen molar-refractivity contribution in [2.75, 3.05) is 0 Å². The first-order valence-corrected chi connectivity index (χ1v) is 5.87. The maximum atomic E-state index is 5.19. The van der Waals surface area contributed by atoms with Gasteiger partial charge in [0.2, 0.25) is 0 Å². The highest BCUT2D eigenvalue weighted by molar-refractivity contribution is 7.71. The van der Waals surface area contributed by atoms with Crippen LogP contribution in [0.5, 0.6) is 0 Å². The van der Waals surface area contributed by atoms with E-state index in [0.29, 0.717) is 10.6 Å². The number of aromatic amines is 1. The van der Waals surface area contributed by atoms with Crippen LogP contribution in [-0.2, 0) is 5.41 Å². The summed E-state index contributed by atoms with van der Waals surface area (Å²) in [5.74, 6) is 1.45. The normalized spacial score (nSPS) is 13.9. The van der Waals surface area contributed by atoms with E-state index in [1.807, 2.05) is 6.07 Å². The van der Waals surface area contributed by atoms with Crippen molar-refractivity contribution in [1.29, 1.82) is 0 Å². The molecule has 3 heteroatoms. The molecule has 0 fully saturated rings. The van der Waals surface area contributed by atoms with Gasteiger partial charge in [-0.15, -0.1) is 0 Å². The minimum atomic E-state index is 0.0959. The van der Waals surface area contributed by atoms with E-state index in [-0.39, 0.29) is 5.41 Å². The fourth-order valence-corrected chi connectivity index (χ4v) is 1.52. The van der Waals surface area contributed by atoms with Gasteiger partial charge in [0.25, 0.3) is 0 Å². The third kappa shape index (κ3) is 3.13. The smallest absolute Gasteiger partial charge is 0.130 e. The molecule has 0 aliphatic rings. The molecule has 0 amide bonds. The van der Waals surface area contributed by atoms with Gasteiger partial charge < -0.3 is 4.98 Å². The Morgan fingerprint density at radius 2 is 2.07 bits per heavy atom. The molecule has 1 unspecified atom stereocenters. The largest absolute Gasteiger partial charge is 0.346 e. The monoisotopic (exact) mass is 224 g/mol. The summed E-state index contributed by atoms with van der Waals surface area (Å²) in [5.41, 5.74) is 1.26. The summed E-state index contributed by atoms with van der Waals surface area (Å²) >= 11 is 5.19. The SMILES string of the molecule is CCC(C)c1nc(=S)cc(C(C)(C)C)[nH]1. The van der Waals surface area contributed by atoms with Crippen molar-refractivity contribution in [3.8, 4) is 0 Å². The zero-order chi connectivity index (χ0) is 11.6. The number of aromatic nitrogens is 2. The van der Waals surface area contributed by atoms with Crippen LogP contribution in [0.3, 0.4) is 0 Å². The minimum absolute atomic E-state index is 0.0959. The number of nitrogens with one attached hydrogen (secondary N) is 1. The number of hydrogen-bond donors (Lipinski definition) is 1. The van der Waals surface area contributed by atoms with E-state index in [2.05, 4.69) is 44.6 Å². The van der Waals surface area contributed by atoms with Gasteiger partial charge in [0.05, 0.1) is 0 Å². The Labute approximate surface area is 97.1 Å². The van der Waals surface area contributed by atoms with E-state index in [0.717, 1.165) is 17.9 Å². The van der Waals surface area contributed by atoms with Gasteiger partial charge >= 0.3 is 0 Å². The number of nitrogens with zero attached hydrogens (tertiary/aromatic N) is 1. The lowest BCUT2D eigenvalue weighted by atomic mass is 9.92. The van der Waals surface area contributed by atoms with Crippen molar-refractivity contribution in [2.24, 2.45) is 0 Å². The third-order valence-corrected chi connectivity index (χ3v) is 2.86. The van der Waals surface area contributed by atoms with E-state index in [9.17, 15) is 0 Å². The molecule has 1 atom stereocenters. The van der Waals surface area contributed by atoms with E-state index in [1.54, 1.807) is 0 Å². The lowest BCUT2D eigenvalue weighted by Gasteiger charge is -2.20. The van der Waals surface area contributed by atoms with Crippen LogP contribution in [0.1, 0.15) is 58.5 Å². The van der Waals surface area contributed by atoms with Crippen molar-refractivity contribution in [3.05, 3.63) is 22.2 Å². The number of hydrogen-bond acceptors (Lipinski definition) is 2. The Hall–Kier alpha value is -0.700. The predicted octanol–water partition coefficient (Wildman–Crippen LogP) is 3.95. The highest BCUT2D eigenvalue weighted by Crippen LogP contribution is 2.22. The molecule has 1 N–H and O–H groups in total. The molecule has 0 aliphatic carbocycles. The molecule has 0 aromatic carbocycles. The molecule has 0 radical (unpaired) electrons. The zero-order valence-electron chi connectivity index (χ0n) is 10.2. The van der Waals surface area contributed by atoms with Crippen LogP contribution in [0.4, 0.5) is 0 Å². The Morgan fingerprint density at radius 1 is 1.47 bits per heavy atom. The molecule has 0 spiro atoms. The minimum Gasteiger partial charge on any atom is -0.346 e. The maximum Gasteiger partial charge on any atom is 0.130 e. The zero-order valence-corrected chi connectivity index (χ0v) is 11.0. The van der Waals surface area contributed by atoms with E-state index in [1.165, 1.54) is 0 Å². The fraction of sp³-hybridized carbons (Fsp3) is 0.667. The molecule has 15 heavy (non-hydrogen) atoms. The molecule has 1 aromatic rings. The third-order valence-electron chi connectivity index (χ3n) is 2.65. The van der Waals surface area contributed by atoms with Crippen LogP contribution in [-0.4, -0.2) is 9.97 Å². The molecule has 1 aromatic heterocycles. The average molecular weight is 224 g/mol. The van der Waals surface area contributed by atoms with Crippen molar-refractivity contribution < 1.29 is 0 Å². The van der Waals surface area contributed by atoms with Gasteiger partial charge in [-0.3, -0.25) is 0 Å². The Balaban J connectivity index is 3.23. The summed E-state index contributed by atoms with van der Waals surface area (Å²) in [4.78, 5) is 7.78. The highest BCUT2D eigenvalue weighted by Gasteiger charge is 2.16. The van der Waals surface area contributed by atoms with Crippen LogP contribution in [0, 0.1) is 4.64 Å². The first kappa shape index (κ1) is 12.4. The van der Waals surface area contributed by atoms with Gasteiger partial charge in [-0.25, -0.2) is 4.98 Å². The van der Waals surface area contributed by atoms with Gasteiger partial charge in [-0.2, -0.15) is 0 Å². The molecule has 1 rings (SSSR count). The Morgan fingerprint density at radius 3 is 2.53 bits per heavy atom. The van der Waals surface area contributed by atoms with Crippen LogP contribution in [0.2, 0.25) is 0 Å². The first-order valence-electron chi connectivity index (χ1n) is 5.46. The quantitative estimate of drug-likeness (QED) is 0.771. The van der Waals surface area contributed by atoms with Crippen LogP contribution >= 0.6 is 12.2 Å². The summed E-state index contributed by atoms with van der Waals surface area (Å²) in [7, 11) is 0. The summed E-state index contributed by atoms with van der Waals surface area (Å²) in [6.45, 7) is 10.9. The van der Waals surface area contributed by atoms with Crippen LogP contribution in [0.25, 0.3) is 0 Å². The molecule has 2 nitrogen and oxygen atoms in total. The molecule has 0 bridgehead atoms. The van der Waals surface area contributed by atoms with Crippen molar-refractivity contribution in [2.45, 2.75) is 52.4 Å². The molecule has 0 aliphatic heterocycles. The van der Waals surface area contributed by atoms with Crippen LogP contribution < -0.4 is 0 Å². The second kappa shape index (κ2) is 4.44.